The third-order valence-electron chi connectivity index (χ3n) is 2.49. The molecule has 3 atom stereocenters. The zero-order valence-electron chi connectivity index (χ0n) is 7.08. The molecule has 0 aromatic rings. The summed E-state index contributed by atoms with van der Waals surface area (Å²) in [7, 11) is 0. The summed E-state index contributed by atoms with van der Waals surface area (Å²) in [5.41, 5.74) is 0. The fourth-order valence-electron chi connectivity index (χ4n) is 1.73. The van der Waals surface area contributed by atoms with Crippen molar-refractivity contribution in [1.29, 1.82) is 0 Å². The van der Waals surface area contributed by atoms with Crippen LogP contribution in [-0.4, -0.2) is 31.5 Å². The van der Waals surface area contributed by atoms with Crippen molar-refractivity contribution in [3.63, 3.8) is 0 Å². The van der Waals surface area contributed by atoms with Gasteiger partial charge in [0.15, 0.2) is 6.23 Å². The SMILES string of the molecule is CCC1COC2NC(=O)COC12. The van der Waals surface area contributed by atoms with Gasteiger partial charge in [0.2, 0.25) is 5.91 Å². The van der Waals surface area contributed by atoms with Crippen LogP contribution < -0.4 is 5.32 Å². The van der Waals surface area contributed by atoms with Gasteiger partial charge in [-0.1, -0.05) is 6.92 Å². The fraction of sp³-hybridized carbons (Fsp3) is 0.875. The van der Waals surface area contributed by atoms with E-state index in [1.807, 2.05) is 0 Å². The minimum absolute atomic E-state index is 0.0759. The van der Waals surface area contributed by atoms with Crippen LogP contribution in [0.3, 0.4) is 0 Å². The molecule has 68 valence electrons. The molecule has 1 amide bonds. The van der Waals surface area contributed by atoms with Gasteiger partial charge < -0.3 is 14.8 Å². The largest absolute Gasteiger partial charge is 0.363 e. The number of nitrogens with one attached hydrogen (secondary N) is 1. The summed E-state index contributed by atoms with van der Waals surface area (Å²) >= 11 is 0. The molecule has 0 aromatic carbocycles. The lowest BCUT2D eigenvalue weighted by Gasteiger charge is -2.27. The van der Waals surface area contributed by atoms with Crippen LogP contribution in [0.4, 0.5) is 0 Å². The van der Waals surface area contributed by atoms with Crippen LogP contribution in [0.25, 0.3) is 0 Å². The lowest BCUT2D eigenvalue weighted by Crippen LogP contribution is -2.51. The molecular weight excluding hydrogens is 158 g/mol. The second-order valence-corrected chi connectivity index (χ2v) is 3.27. The van der Waals surface area contributed by atoms with Crippen molar-refractivity contribution in [3.8, 4) is 0 Å². The number of hydrogen-bond donors (Lipinski definition) is 1. The number of carbonyl (C=O) groups excluding carboxylic acids is 1. The van der Waals surface area contributed by atoms with E-state index in [-0.39, 0.29) is 24.8 Å². The minimum Gasteiger partial charge on any atom is -0.363 e. The van der Waals surface area contributed by atoms with Crippen LogP contribution in [0.5, 0.6) is 0 Å². The van der Waals surface area contributed by atoms with E-state index >= 15 is 0 Å². The van der Waals surface area contributed by atoms with Crippen molar-refractivity contribution in [2.45, 2.75) is 25.7 Å². The Labute approximate surface area is 71.2 Å². The molecule has 1 N–H and O–H groups in total. The highest BCUT2D eigenvalue weighted by Crippen LogP contribution is 2.26. The monoisotopic (exact) mass is 171 g/mol. The second-order valence-electron chi connectivity index (χ2n) is 3.27. The third kappa shape index (κ3) is 1.21. The van der Waals surface area contributed by atoms with Gasteiger partial charge in [-0.15, -0.1) is 0 Å². The van der Waals surface area contributed by atoms with E-state index in [9.17, 15) is 4.79 Å². The Morgan fingerprint density at radius 1 is 1.58 bits per heavy atom. The lowest BCUT2D eigenvalue weighted by molar-refractivity contribution is -0.145. The zero-order valence-corrected chi connectivity index (χ0v) is 7.08. The molecule has 2 saturated heterocycles. The highest BCUT2D eigenvalue weighted by Gasteiger charge is 2.40. The molecule has 2 aliphatic rings. The van der Waals surface area contributed by atoms with Crippen molar-refractivity contribution < 1.29 is 14.3 Å². The second kappa shape index (κ2) is 3.03. The number of ether oxygens (including phenoxy) is 2. The molecule has 0 aliphatic carbocycles. The van der Waals surface area contributed by atoms with Gasteiger partial charge in [0, 0.05) is 5.92 Å². The van der Waals surface area contributed by atoms with Crippen LogP contribution in [0.15, 0.2) is 0 Å². The average Bonchev–Trinajstić information content (AvgIpc) is 2.46. The first-order valence-electron chi connectivity index (χ1n) is 4.34. The molecule has 0 spiro atoms. The Kier molecular flexibility index (Phi) is 2.02. The van der Waals surface area contributed by atoms with Crippen LogP contribution in [0.2, 0.25) is 0 Å². The Hall–Kier alpha value is -0.610. The summed E-state index contributed by atoms with van der Waals surface area (Å²) < 4.78 is 10.8. The highest BCUT2D eigenvalue weighted by atomic mass is 16.6. The summed E-state index contributed by atoms with van der Waals surface area (Å²) in [4.78, 5) is 10.9. The molecule has 2 aliphatic heterocycles. The van der Waals surface area contributed by atoms with Gasteiger partial charge in [0.1, 0.15) is 12.7 Å². The van der Waals surface area contributed by atoms with Crippen LogP contribution in [0, 0.1) is 5.92 Å². The van der Waals surface area contributed by atoms with Crippen molar-refractivity contribution in [2.75, 3.05) is 13.2 Å². The molecule has 0 saturated carbocycles. The maximum absolute atomic E-state index is 10.9. The number of carbonyl (C=O) groups is 1. The smallest absolute Gasteiger partial charge is 0.248 e. The molecule has 4 nitrogen and oxygen atoms in total. The van der Waals surface area contributed by atoms with Gasteiger partial charge in [-0.25, -0.2) is 0 Å². The van der Waals surface area contributed by atoms with Gasteiger partial charge in [0.05, 0.1) is 6.61 Å². The number of morpholine rings is 1. The Morgan fingerprint density at radius 2 is 2.42 bits per heavy atom. The lowest BCUT2D eigenvalue weighted by atomic mass is 10.0. The Bertz CT molecular complexity index is 195. The maximum Gasteiger partial charge on any atom is 0.248 e. The zero-order chi connectivity index (χ0) is 8.55. The molecule has 0 bridgehead atoms. The normalized spacial score (nSPS) is 40.8. The van der Waals surface area contributed by atoms with Gasteiger partial charge in [-0.2, -0.15) is 0 Å². The number of rotatable bonds is 1. The van der Waals surface area contributed by atoms with E-state index in [0.717, 1.165) is 6.42 Å². The van der Waals surface area contributed by atoms with Gasteiger partial charge in [0.25, 0.3) is 0 Å². The first-order valence-corrected chi connectivity index (χ1v) is 4.34. The van der Waals surface area contributed by atoms with Crippen LogP contribution in [-0.2, 0) is 14.3 Å². The predicted molar refractivity (Wildman–Crippen MR) is 41.4 cm³/mol. The quantitative estimate of drug-likeness (QED) is 0.598. The minimum atomic E-state index is -0.198. The topological polar surface area (TPSA) is 47.6 Å². The molecule has 12 heavy (non-hydrogen) atoms. The molecule has 2 heterocycles. The molecule has 3 unspecified atom stereocenters. The number of amides is 1. The average molecular weight is 171 g/mol. The van der Waals surface area contributed by atoms with Crippen molar-refractivity contribution in [2.24, 2.45) is 5.92 Å². The summed E-state index contributed by atoms with van der Waals surface area (Å²) in [6.45, 7) is 2.99. The fourth-order valence-corrected chi connectivity index (χ4v) is 1.73. The van der Waals surface area contributed by atoms with E-state index in [1.165, 1.54) is 0 Å². The van der Waals surface area contributed by atoms with E-state index in [2.05, 4.69) is 12.2 Å². The molecule has 4 heteroatoms. The molecule has 2 rings (SSSR count). The Balaban J connectivity index is 2.02. The van der Waals surface area contributed by atoms with E-state index in [1.54, 1.807) is 0 Å². The molecule has 0 aromatic heterocycles. The maximum atomic E-state index is 10.9. The first-order chi connectivity index (χ1) is 5.81. The van der Waals surface area contributed by atoms with Gasteiger partial charge >= 0.3 is 0 Å². The van der Waals surface area contributed by atoms with Crippen molar-refractivity contribution >= 4 is 5.91 Å². The summed E-state index contributed by atoms with van der Waals surface area (Å²) in [6.07, 6.45) is 0.917. The van der Waals surface area contributed by atoms with Crippen molar-refractivity contribution in [3.05, 3.63) is 0 Å². The van der Waals surface area contributed by atoms with Crippen LogP contribution >= 0.6 is 0 Å². The van der Waals surface area contributed by atoms with Gasteiger partial charge in [-0.3, -0.25) is 4.79 Å². The predicted octanol–water partition coefficient (Wildman–Crippen LogP) is -0.116. The van der Waals surface area contributed by atoms with E-state index in [4.69, 9.17) is 9.47 Å². The summed E-state index contributed by atoms with van der Waals surface area (Å²) in [6, 6.07) is 0. The third-order valence-corrected chi connectivity index (χ3v) is 2.49. The first kappa shape index (κ1) is 8.01. The standard InChI is InChI=1S/C8H13NO3/c1-2-5-3-12-8-7(5)11-4-6(10)9-8/h5,7-8H,2-4H2,1H3,(H,9,10). The van der Waals surface area contributed by atoms with E-state index in [0.29, 0.717) is 12.5 Å². The van der Waals surface area contributed by atoms with Crippen molar-refractivity contribution in [1.82, 2.24) is 5.32 Å². The number of hydrogen-bond acceptors (Lipinski definition) is 3. The molecule has 0 radical (unpaired) electrons. The summed E-state index contributed by atoms with van der Waals surface area (Å²) in [5, 5.41) is 2.76. The van der Waals surface area contributed by atoms with E-state index < -0.39 is 0 Å². The summed E-state index contributed by atoms with van der Waals surface area (Å²) in [5.74, 6) is 0.364. The highest BCUT2D eigenvalue weighted by molar-refractivity contribution is 5.78. The number of fused-ring (bicyclic) bond motifs is 1. The van der Waals surface area contributed by atoms with Crippen LogP contribution in [0.1, 0.15) is 13.3 Å². The Morgan fingerprint density at radius 3 is 3.17 bits per heavy atom. The molecule has 2 fully saturated rings. The van der Waals surface area contributed by atoms with Gasteiger partial charge in [-0.05, 0) is 6.42 Å². The molecular formula is C8H13NO3.